The Balaban J connectivity index is 1.86. The number of hydrogen-bond acceptors (Lipinski definition) is 5. The average molecular weight is 444 g/mol. The van der Waals surface area contributed by atoms with Crippen LogP contribution in [0.5, 0.6) is 5.75 Å². The second-order valence-corrected chi connectivity index (χ2v) is 9.43. The van der Waals surface area contributed by atoms with Gasteiger partial charge in [0.2, 0.25) is 0 Å². The summed E-state index contributed by atoms with van der Waals surface area (Å²) in [6.07, 6.45) is 5.14. The minimum atomic E-state index is -3.83. The fraction of sp³-hybridized carbons (Fsp3) is 0.333. The molecule has 1 aromatic heterocycles. The quantitative estimate of drug-likeness (QED) is 0.462. The number of benzene rings is 1. The van der Waals surface area contributed by atoms with E-state index < -0.39 is 26.9 Å². The lowest BCUT2D eigenvalue weighted by molar-refractivity contribution is 0.262. The maximum Gasteiger partial charge on any atom is 0.323 e. The van der Waals surface area contributed by atoms with Gasteiger partial charge in [-0.15, -0.1) is 0 Å². The normalized spacial score (nSPS) is 15.2. The molecule has 3 rings (SSSR count). The van der Waals surface area contributed by atoms with E-state index in [0.717, 1.165) is 19.3 Å². The maximum absolute atomic E-state index is 13.0. The predicted octanol–water partition coefficient (Wildman–Crippen LogP) is 4.84. The van der Waals surface area contributed by atoms with E-state index in [9.17, 15) is 18.3 Å². The van der Waals surface area contributed by atoms with E-state index in [1.165, 1.54) is 18.3 Å². The van der Waals surface area contributed by atoms with E-state index in [-0.39, 0.29) is 26.4 Å². The Kier molecular flexibility index (Phi) is 6.32. The third-order valence-electron chi connectivity index (χ3n) is 4.61. The van der Waals surface area contributed by atoms with E-state index in [2.05, 4.69) is 15.6 Å². The molecule has 1 saturated carbocycles. The van der Waals surface area contributed by atoms with Gasteiger partial charge in [0.05, 0.1) is 21.6 Å². The molecule has 1 aliphatic carbocycles. The number of aromatic nitrogens is 1. The number of phenols is 1. The molecule has 0 saturated heterocycles. The van der Waals surface area contributed by atoms with Crippen molar-refractivity contribution in [3.63, 3.8) is 0 Å². The number of carbonyl (C=O) groups is 1. The molecular formula is C18H19Cl2N3O4S. The molecule has 0 unspecified atom stereocenters. The molecule has 1 fully saturated rings. The van der Waals surface area contributed by atoms with Crippen molar-refractivity contribution in [2.75, 3.05) is 10.6 Å². The van der Waals surface area contributed by atoms with Gasteiger partial charge >= 0.3 is 6.03 Å². The van der Waals surface area contributed by atoms with Gasteiger partial charge in [-0.25, -0.2) is 18.2 Å². The van der Waals surface area contributed by atoms with Crippen LogP contribution in [-0.2, 0) is 9.84 Å². The molecule has 0 aliphatic heterocycles. The van der Waals surface area contributed by atoms with Gasteiger partial charge in [-0.05, 0) is 37.1 Å². The molecule has 2 aromatic rings. The van der Waals surface area contributed by atoms with Crippen molar-refractivity contribution >= 4 is 50.4 Å². The molecule has 10 heteroatoms. The third kappa shape index (κ3) is 4.34. The van der Waals surface area contributed by atoms with E-state index in [1.807, 2.05) is 0 Å². The van der Waals surface area contributed by atoms with Crippen LogP contribution in [0.25, 0.3) is 0 Å². The fourth-order valence-electron chi connectivity index (χ4n) is 3.22. The molecule has 1 heterocycles. The van der Waals surface area contributed by atoms with Crippen molar-refractivity contribution in [3.8, 4) is 5.75 Å². The number of nitrogens with one attached hydrogen (secondary N) is 2. The zero-order valence-corrected chi connectivity index (χ0v) is 17.1. The topological polar surface area (TPSA) is 108 Å². The van der Waals surface area contributed by atoms with Gasteiger partial charge in [0.25, 0.3) is 0 Å². The molecule has 0 spiro atoms. The van der Waals surface area contributed by atoms with Crippen molar-refractivity contribution in [1.29, 1.82) is 0 Å². The Labute approximate surface area is 173 Å². The molecular weight excluding hydrogens is 425 g/mol. The molecule has 3 N–H and O–H groups in total. The number of phenolic OH excluding ortho intramolecular Hbond substituents is 1. The van der Waals surface area contributed by atoms with Gasteiger partial charge < -0.3 is 15.7 Å². The van der Waals surface area contributed by atoms with Gasteiger partial charge in [-0.3, -0.25) is 0 Å². The smallest absolute Gasteiger partial charge is 0.323 e. The highest BCUT2D eigenvalue weighted by Crippen LogP contribution is 2.41. The van der Waals surface area contributed by atoms with Crippen LogP contribution in [0.4, 0.5) is 16.2 Å². The number of urea groups is 1. The lowest BCUT2D eigenvalue weighted by Gasteiger charge is -2.23. The number of hydrogen-bond donors (Lipinski definition) is 3. The second-order valence-electron chi connectivity index (χ2n) is 6.50. The highest BCUT2D eigenvalue weighted by atomic mass is 35.5. The molecule has 0 bridgehead atoms. The zero-order valence-electron chi connectivity index (χ0n) is 14.8. The summed E-state index contributed by atoms with van der Waals surface area (Å²) in [5.41, 5.74) is 0.196. The molecule has 0 atom stereocenters. The highest BCUT2D eigenvalue weighted by Gasteiger charge is 2.34. The van der Waals surface area contributed by atoms with Crippen molar-refractivity contribution in [2.45, 2.75) is 42.2 Å². The number of halogens is 2. The monoisotopic (exact) mass is 443 g/mol. The number of pyridine rings is 1. The number of amides is 2. The van der Waals surface area contributed by atoms with Gasteiger partial charge in [-0.1, -0.05) is 42.5 Å². The number of rotatable bonds is 4. The van der Waals surface area contributed by atoms with Crippen LogP contribution in [0.2, 0.25) is 10.2 Å². The first-order valence-corrected chi connectivity index (χ1v) is 11.0. The van der Waals surface area contributed by atoms with Crippen molar-refractivity contribution in [3.05, 3.63) is 40.6 Å². The maximum atomic E-state index is 13.0. The van der Waals surface area contributed by atoms with Crippen LogP contribution in [0.1, 0.15) is 32.1 Å². The Morgan fingerprint density at radius 1 is 1.07 bits per heavy atom. The molecule has 1 aliphatic rings. The number of sulfone groups is 1. The largest absolute Gasteiger partial charge is 0.504 e. The van der Waals surface area contributed by atoms with Crippen molar-refractivity contribution in [1.82, 2.24) is 4.98 Å². The average Bonchev–Trinajstić information content (AvgIpc) is 2.66. The number of anilines is 2. The summed E-state index contributed by atoms with van der Waals surface area (Å²) in [4.78, 5) is 15.7. The molecule has 7 nitrogen and oxygen atoms in total. The molecule has 150 valence electrons. The highest BCUT2D eigenvalue weighted by molar-refractivity contribution is 7.92. The minimum absolute atomic E-state index is 0.0729. The Hall–Kier alpha value is -2.03. The summed E-state index contributed by atoms with van der Waals surface area (Å²) in [6, 6.07) is 5.10. The lowest BCUT2D eigenvalue weighted by Crippen LogP contribution is -2.25. The lowest BCUT2D eigenvalue weighted by atomic mass is 10.0. The molecule has 1 aromatic carbocycles. The van der Waals surface area contributed by atoms with E-state index in [0.29, 0.717) is 12.8 Å². The molecule has 0 radical (unpaired) electrons. The predicted molar refractivity (Wildman–Crippen MR) is 109 cm³/mol. The van der Waals surface area contributed by atoms with Crippen LogP contribution < -0.4 is 10.6 Å². The minimum Gasteiger partial charge on any atom is -0.504 e. The number of nitrogens with zero attached hydrogens (tertiary/aromatic N) is 1. The molecule has 2 amide bonds. The van der Waals surface area contributed by atoms with Crippen LogP contribution in [0.15, 0.2) is 35.4 Å². The van der Waals surface area contributed by atoms with Gasteiger partial charge in [-0.2, -0.15) is 0 Å². The first kappa shape index (κ1) is 20.7. The summed E-state index contributed by atoms with van der Waals surface area (Å²) in [5.74, 6) is -0.578. The Morgan fingerprint density at radius 2 is 1.75 bits per heavy atom. The summed E-state index contributed by atoms with van der Waals surface area (Å²) in [5, 5.41) is 14.9. The van der Waals surface area contributed by atoms with Crippen LogP contribution in [-0.4, -0.2) is 29.8 Å². The SMILES string of the molecule is O=C(Nc1cccnc1Cl)Nc1ccc(Cl)c(S(=O)(=O)C2CCCCC2)c1O. The first-order valence-electron chi connectivity index (χ1n) is 8.74. The van der Waals surface area contributed by atoms with E-state index >= 15 is 0 Å². The van der Waals surface area contributed by atoms with Crippen molar-refractivity contribution < 1.29 is 18.3 Å². The van der Waals surface area contributed by atoms with Crippen LogP contribution in [0, 0.1) is 0 Å². The molecule has 28 heavy (non-hydrogen) atoms. The number of aromatic hydroxyl groups is 1. The summed E-state index contributed by atoms with van der Waals surface area (Å²) < 4.78 is 26.0. The third-order valence-corrected chi connectivity index (χ3v) is 7.67. The zero-order chi connectivity index (χ0) is 20.3. The van der Waals surface area contributed by atoms with Gasteiger partial charge in [0.15, 0.2) is 20.7 Å². The van der Waals surface area contributed by atoms with Crippen LogP contribution in [0.3, 0.4) is 0 Å². The van der Waals surface area contributed by atoms with E-state index in [1.54, 1.807) is 12.1 Å². The van der Waals surface area contributed by atoms with Crippen LogP contribution >= 0.6 is 23.2 Å². The summed E-state index contributed by atoms with van der Waals surface area (Å²) >= 11 is 12.0. The first-order chi connectivity index (χ1) is 13.3. The fourth-order valence-corrected chi connectivity index (χ4v) is 5.86. The van der Waals surface area contributed by atoms with Gasteiger partial charge in [0.1, 0.15) is 4.90 Å². The number of carbonyl (C=O) groups excluding carboxylic acids is 1. The summed E-state index contributed by atoms with van der Waals surface area (Å²) in [6.45, 7) is 0. The Bertz CT molecular complexity index is 992. The summed E-state index contributed by atoms with van der Waals surface area (Å²) in [7, 11) is -3.83. The van der Waals surface area contributed by atoms with Gasteiger partial charge in [0, 0.05) is 6.20 Å². The van der Waals surface area contributed by atoms with Crippen molar-refractivity contribution in [2.24, 2.45) is 0 Å². The van der Waals surface area contributed by atoms with E-state index in [4.69, 9.17) is 23.2 Å². The Morgan fingerprint density at radius 3 is 2.43 bits per heavy atom. The standard InChI is InChI=1S/C18H19Cl2N3O4S/c19-12-8-9-13(22-18(25)23-14-7-4-10-21-17(14)20)15(24)16(12)28(26,27)11-5-2-1-3-6-11/h4,7-11,24H,1-3,5-6H2,(H2,22,23,25). The second kappa shape index (κ2) is 8.55.